The van der Waals surface area contributed by atoms with Gasteiger partial charge in [-0.25, -0.2) is 13.2 Å². The number of hydrogen-bond acceptors (Lipinski definition) is 5. The summed E-state index contributed by atoms with van der Waals surface area (Å²) in [4.78, 5) is 27.4. The summed E-state index contributed by atoms with van der Waals surface area (Å²) in [5.74, 6) is 2.11. The molecule has 0 spiro atoms. The molecule has 0 unspecified atom stereocenters. The van der Waals surface area contributed by atoms with Gasteiger partial charge in [0.15, 0.2) is 9.84 Å². The normalized spacial score (nSPS) is 41.2. The molecule has 7 nitrogen and oxygen atoms in total. The number of aromatic carboxylic acids is 1. The van der Waals surface area contributed by atoms with Gasteiger partial charge in [0.05, 0.1) is 17.1 Å². The molecule has 280 valence electrons. The number of carbonyl (C=O) groups excluding carboxylic acids is 1. The zero-order valence-corrected chi connectivity index (χ0v) is 32.8. The van der Waals surface area contributed by atoms with Crippen molar-refractivity contribution >= 4 is 27.3 Å². The van der Waals surface area contributed by atoms with Gasteiger partial charge in [0.25, 0.3) is 0 Å². The van der Waals surface area contributed by atoms with Crippen molar-refractivity contribution < 1.29 is 23.1 Å². The number of nitrogens with zero attached hydrogens (tertiary/aromatic N) is 1. The number of sulfone groups is 1. The lowest BCUT2D eigenvalue weighted by molar-refractivity contribution is -0.219. The summed E-state index contributed by atoms with van der Waals surface area (Å²) in [5, 5.41) is 13.2. The maximum Gasteiger partial charge on any atom is 0.335 e. The van der Waals surface area contributed by atoms with Crippen molar-refractivity contribution in [3.05, 3.63) is 53.6 Å². The zero-order valence-electron chi connectivity index (χ0n) is 32.0. The molecule has 0 aromatic heterocycles. The Hall–Kier alpha value is -2.45. The average molecular weight is 719 g/mol. The molecule has 4 saturated carbocycles. The topological polar surface area (TPSA) is 104 Å². The van der Waals surface area contributed by atoms with Crippen LogP contribution >= 0.6 is 0 Å². The van der Waals surface area contributed by atoms with Crippen LogP contribution < -0.4 is 5.32 Å². The van der Waals surface area contributed by atoms with Crippen LogP contribution in [0.2, 0.25) is 0 Å². The molecular formula is C43H62N2O5S. The van der Waals surface area contributed by atoms with Crippen LogP contribution in [0.1, 0.15) is 122 Å². The highest BCUT2D eigenvalue weighted by molar-refractivity contribution is 7.91. The van der Waals surface area contributed by atoms with Gasteiger partial charge >= 0.3 is 5.97 Å². The van der Waals surface area contributed by atoms with Crippen LogP contribution in [0.5, 0.6) is 0 Å². The second kappa shape index (κ2) is 12.6. The Morgan fingerprint density at radius 3 is 2.24 bits per heavy atom. The number of benzene rings is 1. The Morgan fingerprint density at radius 2 is 1.59 bits per heavy atom. The van der Waals surface area contributed by atoms with Crippen molar-refractivity contribution in [2.75, 3.05) is 31.1 Å². The predicted molar refractivity (Wildman–Crippen MR) is 204 cm³/mol. The Balaban J connectivity index is 1.14. The van der Waals surface area contributed by atoms with E-state index in [0.717, 1.165) is 37.7 Å². The van der Waals surface area contributed by atoms with Crippen LogP contribution in [-0.4, -0.2) is 67.0 Å². The summed E-state index contributed by atoms with van der Waals surface area (Å²) in [6, 6.07) is 7.51. The van der Waals surface area contributed by atoms with Gasteiger partial charge in [-0.15, -0.1) is 0 Å². The van der Waals surface area contributed by atoms with E-state index in [1.807, 2.05) is 12.1 Å². The van der Waals surface area contributed by atoms with Crippen LogP contribution in [0.3, 0.4) is 0 Å². The largest absolute Gasteiger partial charge is 0.478 e. The molecule has 51 heavy (non-hydrogen) atoms. The van der Waals surface area contributed by atoms with E-state index in [1.165, 1.54) is 36.8 Å². The number of carboxylic acid groups (broad SMARTS) is 1. The molecular weight excluding hydrogens is 657 g/mol. The van der Waals surface area contributed by atoms with Gasteiger partial charge in [-0.1, -0.05) is 65.0 Å². The molecule has 7 rings (SSSR count). The molecule has 0 radical (unpaired) electrons. The zero-order chi connectivity index (χ0) is 36.8. The number of allylic oxidation sites excluding steroid dienone is 3. The molecule has 1 aromatic carbocycles. The van der Waals surface area contributed by atoms with Crippen molar-refractivity contribution in [2.24, 2.45) is 51.2 Å². The van der Waals surface area contributed by atoms with Gasteiger partial charge in [0, 0.05) is 31.6 Å². The van der Waals surface area contributed by atoms with Crippen LogP contribution in [-0.2, 0) is 14.6 Å². The Kier molecular flexibility index (Phi) is 9.09. The SMILES string of the molecule is C=C(C)[C@@H]1CC[C@]2(NC(=O)CCN3CCS(=O)(=O)CC3)CC[C@]3(C)[C@H](CC[C@@H]4[C@@]5(C)CC=C(c6ccc(C(=O)O)cc6)C(C)(C)[C@@H]5CC[C@]43C)[C@@H]12. The molecule has 1 aromatic rings. The number of nitrogens with one attached hydrogen (secondary N) is 1. The van der Waals surface area contributed by atoms with Crippen molar-refractivity contribution in [3.63, 3.8) is 0 Å². The smallest absolute Gasteiger partial charge is 0.335 e. The molecule has 5 fully saturated rings. The Labute approximate surface area is 307 Å². The molecule has 0 bridgehead atoms. The lowest BCUT2D eigenvalue weighted by Crippen LogP contribution is -2.68. The van der Waals surface area contributed by atoms with E-state index in [0.29, 0.717) is 61.2 Å². The number of rotatable bonds is 7. The summed E-state index contributed by atoms with van der Waals surface area (Å²) in [5.41, 5.74) is 4.43. The lowest BCUT2D eigenvalue weighted by atomic mass is 9.33. The quantitative estimate of drug-likeness (QED) is 0.277. The summed E-state index contributed by atoms with van der Waals surface area (Å²) in [7, 11) is -2.94. The minimum Gasteiger partial charge on any atom is -0.478 e. The third kappa shape index (κ3) is 5.79. The van der Waals surface area contributed by atoms with E-state index in [9.17, 15) is 23.1 Å². The number of fused-ring (bicyclic) bond motifs is 7. The molecule has 1 amide bonds. The van der Waals surface area contributed by atoms with Crippen molar-refractivity contribution in [1.29, 1.82) is 0 Å². The summed E-state index contributed by atoms with van der Waals surface area (Å²) in [6.07, 6.45) is 13.1. The van der Waals surface area contributed by atoms with E-state index < -0.39 is 15.8 Å². The molecule has 2 N–H and O–H groups in total. The average Bonchev–Trinajstić information content (AvgIpc) is 3.44. The second-order valence-corrected chi connectivity index (χ2v) is 21.4. The van der Waals surface area contributed by atoms with Gasteiger partial charge in [-0.05, 0) is 139 Å². The van der Waals surface area contributed by atoms with Gasteiger partial charge in [-0.2, -0.15) is 0 Å². The van der Waals surface area contributed by atoms with E-state index >= 15 is 0 Å². The van der Waals surface area contributed by atoms with Crippen molar-refractivity contribution in [3.8, 4) is 0 Å². The van der Waals surface area contributed by atoms with Crippen LogP contribution in [0.15, 0.2) is 42.5 Å². The van der Waals surface area contributed by atoms with Gasteiger partial charge in [-0.3, -0.25) is 4.79 Å². The molecule has 1 aliphatic heterocycles. The van der Waals surface area contributed by atoms with E-state index in [2.05, 4.69) is 64.4 Å². The first-order valence-corrected chi connectivity index (χ1v) is 21.6. The standard InChI is InChI=1S/C43H62N2O5S/c1-28(2)31-14-20-43(44-36(46)17-23-45-24-26-51(49,50)27-25-45)22-21-41(6)33(37(31)43)12-13-35-40(5)18-15-32(29-8-10-30(11-9-29)38(47)48)39(3,4)34(40)16-19-42(35,41)7/h8-11,15,31,33-35,37H,1,12-14,16-27H2,2-7H3,(H,44,46)(H,47,48)/t31-,33+,34-,35+,37+,40-,41+,42+,43-/m0/s1. The number of carboxylic acids is 1. The van der Waals surface area contributed by atoms with E-state index in [1.54, 1.807) is 12.1 Å². The van der Waals surface area contributed by atoms with Crippen LogP contribution in [0, 0.1) is 51.2 Å². The maximum absolute atomic E-state index is 13.8. The molecule has 9 atom stereocenters. The highest BCUT2D eigenvalue weighted by atomic mass is 32.2. The summed E-state index contributed by atoms with van der Waals surface area (Å²) >= 11 is 0. The lowest BCUT2D eigenvalue weighted by Gasteiger charge is -2.72. The summed E-state index contributed by atoms with van der Waals surface area (Å²) < 4.78 is 23.9. The fourth-order valence-electron chi connectivity index (χ4n) is 13.8. The van der Waals surface area contributed by atoms with Crippen molar-refractivity contribution in [2.45, 2.75) is 111 Å². The Morgan fingerprint density at radius 1 is 0.902 bits per heavy atom. The van der Waals surface area contributed by atoms with Crippen molar-refractivity contribution in [1.82, 2.24) is 10.2 Å². The molecule has 6 aliphatic rings. The van der Waals surface area contributed by atoms with Crippen LogP contribution in [0.25, 0.3) is 5.57 Å². The third-order valence-electron chi connectivity index (χ3n) is 16.6. The fourth-order valence-corrected chi connectivity index (χ4v) is 15.1. The van der Waals surface area contributed by atoms with Gasteiger partial charge in [0.1, 0.15) is 0 Å². The second-order valence-electron chi connectivity index (χ2n) is 19.1. The maximum atomic E-state index is 13.8. The predicted octanol–water partition coefficient (Wildman–Crippen LogP) is 8.02. The molecule has 1 heterocycles. The molecule has 5 aliphatic carbocycles. The first-order valence-electron chi connectivity index (χ1n) is 19.8. The minimum absolute atomic E-state index is 0.0260. The summed E-state index contributed by atoms with van der Waals surface area (Å²) in [6.45, 7) is 21.2. The Bertz CT molecular complexity index is 1720. The number of carbonyl (C=O) groups is 2. The number of amides is 1. The molecule has 1 saturated heterocycles. The highest BCUT2D eigenvalue weighted by Crippen LogP contribution is 2.76. The van der Waals surface area contributed by atoms with E-state index in [4.69, 9.17) is 0 Å². The van der Waals surface area contributed by atoms with Crippen LogP contribution in [0.4, 0.5) is 0 Å². The highest BCUT2D eigenvalue weighted by Gasteiger charge is 2.70. The third-order valence-corrected chi connectivity index (χ3v) is 18.2. The minimum atomic E-state index is -2.94. The van der Waals surface area contributed by atoms with Gasteiger partial charge < -0.3 is 15.3 Å². The fraction of sp³-hybridized carbons (Fsp3) is 0.721. The number of hydrogen-bond donors (Lipinski definition) is 2. The molecule has 8 heteroatoms. The van der Waals surface area contributed by atoms with Gasteiger partial charge in [0.2, 0.25) is 5.91 Å². The first kappa shape index (κ1) is 36.9. The van der Waals surface area contributed by atoms with E-state index in [-0.39, 0.29) is 44.6 Å². The monoisotopic (exact) mass is 718 g/mol. The first-order chi connectivity index (χ1) is 23.9.